The van der Waals surface area contributed by atoms with Gasteiger partial charge < -0.3 is 14.3 Å². The van der Waals surface area contributed by atoms with Crippen molar-refractivity contribution in [2.45, 2.75) is 59.2 Å². The van der Waals surface area contributed by atoms with E-state index in [1.165, 1.54) is 10.4 Å². The first-order valence-corrected chi connectivity index (χ1v) is 9.59. The summed E-state index contributed by atoms with van der Waals surface area (Å²) in [6.45, 7) is 8.74. The number of Topliss-reactive ketones (excluding diaryl/α,β-unsaturated/α-hetero) is 1. The van der Waals surface area contributed by atoms with Gasteiger partial charge in [0.25, 0.3) is 0 Å². The number of carbonyl (C=O) groups excluding carboxylic acids is 1. The van der Waals surface area contributed by atoms with Gasteiger partial charge in [0.05, 0.1) is 24.2 Å². The van der Waals surface area contributed by atoms with E-state index in [0.717, 1.165) is 28.1 Å². The molecule has 0 atom stereocenters. The summed E-state index contributed by atoms with van der Waals surface area (Å²) < 4.78 is 13.4. The minimum atomic E-state index is -0.199. The summed E-state index contributed by atoms with van der Waals surface area (Å²) in [5, 5.41) is 5.51. The Morgan fingerprint density at radius 2 is 2.19 bits per heavy atom. The quantitative estimate of drug-likeness (QED) is 0.638. The van der Waals surface area contributed by atoms with E-state index in [4.69, 9.17) is 14.5 Å². The van der Waals surface area contributed by atoms with Crippen LogP contribution < -0.4 is 4.74 Å². The summed E-state index contributed by atoms with van der Waals surface area (Å²) in [6, 6.07) is 0.331. The molecule has 4 heterocycles. The molecule has 138 valence electrons. The summed E-state index contributed by atoms with van der Waals surface area (Å²) in [7, 11) is 0. The Morgan fingerprint density at radius 3 is 2.96 bits per heavy atom. The third kappa shape index (κ3) is 3.07. The molecule has 0 aromatic carbocycles. The maximum absolute atomic E-state index is 11.0. The summed E-state index contributed by atoms with van der Waals surface area (Å²) >= 11 is 1.67. The largest absolute Gasteiger partial charge is 0.462 e. The molecule has 0 amide bonds. The van der Waals surface area contributed by atoms with Gasteiger partial charge in [0.15, 0.2) is 5.65 Å². The van der Waals surface area contributed by atoms with E-state index in [-0.39, 0.29) is 11.4 Å². The van der Waals surface area contributed by atoms with Crippen molar-refractivity contribution in [2.24, 2.45) is 0 Å². The Labute approximate surface area is 155 Å². The molecule has 0 fully saturated rings. The standard InChI is InChI=1S/C18H22N4O3S/c1-10(23)6-5-7-24-17-20-15-14-12-8-18(3,4)25-9-13(12)26-16(14)19-11(2)22(15)21-17/h5-9H2,1-4H3. The highest BCUT2D eigenvalue weighted by Crippen LogP contribution is 2.40. The van der Waals surface area contributed by atoms with Crippen LogP contribution in [0.4, 0.5) is 0 Å². The van der Waals surface area contributed by atoms with E-state index >= 15 is 0 Å². The molecule has 0 unspecified atom stereocenters. The zero-order chi connectivity index (χ0) is 18.5. The van der Waals surface area contributed by atoms with Gasteiger partial charge in [-0.05, 0) is 39.7 Å². The van der Waals surface area contributed by atoms with Crippen molar-refractivity contribution in [3.05, 3.63) is 16.3 Å². The number of hydrogen-bond acceptors (Lipinski definition) is 7. The maximum atomic E-state index is 11.0. The van der Waals surface area contributed by atoms with Gasteiger partial charge in [-0.1, -0.05) is 0 Å². The number of fused-ring (bicyclic) bond motifs is 5. The van der Waals surface area contributed by atoms with Crippen LogP contribution in [0.3, 0.4) is 0 Å². The summed E-state index contributed by atoms with van der Waals surface area (Å²) in [6.07, 6.45) is 1.99. The van der Waals surface area contributed by atoms with E-state index in [1.807, 2.05) is 6.92 Å². The molecule has 3 aromatic rings. The Bertz CT molecular complexity index is 1010. The van der Waals surface area contributed by atoms with Crippen molar-refractivity contribution in [1.29, 1.82) is 0 Å². The van der Waals surface area contributed by atoms with Crippen LogP contribution in [0.25, 0.3) is 15.9 Å². The van der Waals surface area contributed by atoms with Crippen LogP contribution in [0.1, 0.15) is 49.9 Å². The molecule has 26 heavy (non-hydrogen) atoms. The van der Waals surface area contributed by atoms with Gasteiger partial charge in [-0.25, -0.2) is 4.98 Å². The van der Waals surface area contributed by atoms with Crippen LogP contribution in [-0.2, 0) is 22.6 Å². The molecule has 0 saturated heterocycles. The van der Waals surface area contributed by atoms with Crippen molar-refractivity contribution in [1.82, 2.24) is 19.6 Å². The molecule has 0 saturated carbocycles. The lowest BCUT2D eigenvalue weighted by molar-refractivity contribution is -0.117. The second-order valence-corrected chi connectivity index (χ2v) is 8.44. The minimum absolute atomic E-state index is 0.160. The average molecular weight is 374 g/mol. The number of aromatic nitrogens is 4. The number of ketones is 1. The number of aryl methyl sites for hydroxylation is 1. The molecule has 0 N–H and O–H groups in total. The molecular weight excluding hydrogens is 352 g/mol. The summed E-state index contributed by atoms with van der Waals surface area (Å²) in [5.41, 5.74) is 1.84. The minimum Gasteiger partial charge on any atom is -0.462 e. The van der Waals surface area contributed by atoms with Crippen LogP contribution >= 0.6 is 11.3 Å². The van der Waals surface area contributed by atoms with Gasteiger partial charge >= 0.3 is 6.01 Å². The third-order valence-corrected chi connectivity index (χ3v) is 5.65. The van der Waals surface area contributed by atoms with Gasteiger partial charge in [0.2, 0.25) is 0 Å². The van der Waals surface area contributed by atoms with E-state index in [2.05, 4.69) is 23.9 Å². The number of thiophene rings is 1. The van der Waals surface area contributed by atoms with Crippen LogP contribution in [-0.4, -0.2) is 37.6 Å². The molecule has 3 aromatic heterocycles. The first-order chi connectivity index (χ1) is 12.3. The third-order valence-electron chi connectivity index (χ3n) is 4.55. The van der Waals surface area contributed by atoms with Gasteiger partial charge in [-0.2, -0.15) is 9.50 Å². The molecule has 0 aliphatic carbocycles. The Balaban J connectivity index is 1.74. The predicted molar refractivity (Wildman–Crippen MR) is 98.9 cm³/mol. The zero-order valence-corrected chi connectivity index (χ0v) is 16.3. The number of ether oxygens (including phenoxy) is 2. The first kappa shape index (κ1) is 17.4. The SMILES string of the molecule is CC(=O)CCCOc1nc2c3c4c(sc3nc(C)n2n1)COC(C)(C)C4. The molecule has 0 bridgehead atoms. The van der Waals surface area contributed by atoms with Crippen molar-refractivity contribution in [3.8, 4) is 6.01 Å². The highest BCUT2D eigenvalue weighted by atomic mass is 32.1. The average Bonchev–Trinajstić information content (AvgIpc) is 3.11. The molecular formula is C18H22N4O3S. The molecule has 1 aliphatic heterocycles. The van der Waals surface area contributed by atoms with Crippen LogP contribution in [0.5, 0.6) is 6.01 Å². The monoisotopic (exact) mass is 374 g/mol. The van der Waals surface area contributed by atoms with Crippen LogP contribution in [0.2, 0.25) is 0 Å². The first-order valence-electron chi connectivity index (χ1n) is 8.78. The van der Waals surface area contributed by atoms with E-state index < -0.39 is 0 Å². The number of rotatable bonds is 5. The Kier molecular flexibility index (Phi) is 4.19. The number of carbonyl (C=O) groups is 1. The summed E-state index contributed by atoms with van der Waals surface area (Å²) in [4.78, 5) is 22.6. The van der Waals surface area contributed by atoms with E-state index in [9.17, 15) is 4.79 Å². The smallest absolute Gasteiger partial charge is 0.336 e. The summed E-state index contributed by atoms with van der Waals surface area (Å²) in [5.74, 6) is 0.936. The highest BCUT2D eigenvalue weighted by molar-refractivity contribution is 7.19. The number of nitrogens with zero attached hydrogens (tertiary/aromatic N) is 4. The lowest BCUT2D eigenvalue weighted by Gasteiger charge is -2.30. The van der Waals surface area contributed by atoms with Gasteiger partial charge in [0, 0.05) is 17.7 Å². The van der Waals surface area contributed by atoms with E-state index in [1.54, 1.807) is 22.8 Å². The topological polar surface area (TPSA) is 78.6 Å². The predicted octanol–water partition coefficient (Wildman–Crippen LogP) is 3.25. The highest BCUT2D eigenvalue weighted by Gasteiger charge is 2.31. The zero-order valence-electron chi connectivity index (χ0n) is 15.5. The van der Waals surface area contributed by atoms with Crippen LogP contribution in [0, 0.1) is 6.92 Å². The van der Waals surface area contributed by atoms with Gasteiger partial charge in [-0.15, -0.1) is 16.4 Å². The Morgan fingerprint density at radius 1 is 1.38 bits per heavy atom. The van der Waals surface area contributed by atoms with Crippen molar-refractivity contribution in [2.75, 3.05) is 6.61 Å². The second kappa shape index (κ2) is 6.28. The molecule has 1 aliphatic rings. The fraction of sp³-hybridized carbons (Fsp3) is 0.556. The maximum Gasteiger partial charge on any atom is 0.336 e. The lowest BCUT2D eigenvalue weighted by Crippen LogP contribution is -2.31. The van der Waals surface area contributed by atoms with Gasteiger partial charge in [0.1, 0.15) is 16.4 Å². The normalized spacial score (nSPS) is 16.2. The number of hydrogen-bond donors (Lipinski definition) is 0. The van der Waals surface area contributed by atoms with Crippen molar-refractivity contribution < 1.29 is 14.3 Å². The fourth-order valence-electron chi connectivity index (χ4n) is 3.27. The fourth-order valence-corrected chi connectivity index (χ4v) is 4.41. The second-order valence-electron chi connectivity index (χ2n) is 7.35. The van der Waals surface area contributed by atoms with Gasteiger partial charge in [-0.3, -0.25) is 0 Å². The van der Waals surface area contributed by atoms with Crippen molar-refractivity contribution in [3.63, 3.8) is 0 Å². The molecule has 7 nitrogen and oxygen atoms in total. The Hall–Kier alpha value is -2.06. The lowest BCUT2D eigenvalue weighted by atomic mass is 9.94. The van der Waals surface area contributed by atoms with Crippen LogP contribution in [0.15, 0.2) is 0 Å². The molecule has 4 rings (SSSR count). The molecule has 0 radical (unpaired) electrons. The molecule has 8 heteroatoms. The van der Waals surface area contributed by atoms with Crippen molar-refractivity contribution >= 4 is 33.0 Å². The molecule has 0 spiro atoms. The van der Waals surface area contributed by atoms with E-state index in [0.29, 0.717) is 32.1 Å².